The zero-order chi connectivity index (χ0) is 46.8. The van der Waals surface area contributed by atoms with E-state index in [9.17, 15) is 45.6 Å². The van der Waals surface area contributed by atoms with Crippen molar-refractivity contribution in [1.29, 1.82) is 0 Å². The Hall–Kier alpha value is -2.83. The summed E-state index contributed by atoms with van der Waals surface area (Å²) in [6, 6.07) is -0.944. The van der Waals surface area contributed by atoms with Crippen LogP contribution in [-0.2, 0) is 23.7 Å². The molecule has 2 aliphatic heterocycles. The second-order valence-corrected chi connectivity index (χ2v) is 16.5. The maximum atomic E-state index is 13.1. The SMILES string of the molecule is CC/C=C\C/C=C\C/C=C\C/C=C\C/C=C\CCCCCCCC(=O)NC(COC1OC(CO)C(OC2OC(CO)C(O)C(O)C2O)C(O)C1O)C(O)/C=C/CC/C=C/CCCCC. The zero-order valence-electron chi connectivity index (χ0n) is 38.5. The van der Waals surface area contributed by atoms with Crippen LogP contribution in [0.5, 0.6) is 0 Å². The third kappa shape index (κ3) is 23.6. The largest absolute Gasteiger partial charge is 0.394 e. The summed E-state index contributed by atoms with van der Waals surface area (Å²) >= 11 is 0. The molecule has 0 saturated carbocycles. The van der Waals surface area contributed by atoms with E-state index in [0.29, 0.717) is 12.8 Å². The molecule has 9 N–H and O–H groups in total. The number of hydrogen-bond donors (Lipinski definition) is 9. The van der Waals surface area contributed by atoms with E-state index in [4.69, 9.17) is 18.9 Å². The van der Waals surface area contributed by atoms with Crippen LogP contribution in [0.15, 0.2) is 85.1 Å². The topological polar surface area (TPSA) is 228 Å². The lowest BCUT2D eigenvalue weighted by Crippen LogP contribution is -2.65. The van der Waals surface area contributed by atoms with Crippen molar-refractivity contribution in [2.75, 3.05) is 19.8 Å². The molecule has 2 aliphatic rings. The average molecular weight is 906 g/mol. The minimum Gasteiger partial charge on any atom is -0.394 e. The molecule has 0 bridgehead atoms. The van der Waals surface area contributed by atoms with E-state index in [1.807, 2.05) is 6.08 Å². The summed E-state index contributed by atoms with van der Waals surface area (Å²) in [4.78, 5) is 13.1. The van der Waals surface area contributed by atoms with Gasteiger partial charge in [0.2, 0.25) is 5.91 Å². The van der Waals surface area contributed by atoms with Crippen molar-refractivity contribution in [3.63, 3.8) is 0 Å². The molecule has 2 heterocycles. The maximum absolute atomic E-state index is 13.1. The summed E-state index contributed by atoms with van der Waals surface area (Å²) in [5.74, 6) is -0.277. The van der Waals surface area contributed by atoms with Gasteiger partial charge in [-0.15, -0.1) is 0 Å². The number of ether oxygens (including phenoxy) is 4. The van der Waals surface area contributed by atoms with Gasteiger partial charge in [-0.25, -0.2) is 0 Å². The summed E-state index contributed by atoms with van der Waals surface area (Å²) in [6.45, 7) is 2.54. The van der Waals surface area contributed by atoms with Gasteiger partial charge in [0.05, 0.1) is 32.0 Å². The van der Waals surface area contributed by atoms with Crippen molar-refractivity contribution in [2.24, 2.45) is 0 Å². The van der Waals surface area contributed by atoms with Crippen LogP contribution < -0.4 is 5.32 Å². The van der Waals surface area contributed by atoms with E-state index in [2.05, 4.69) is 92.1 Å². The van der Waals surface area contributed by atoms with Gasteiger partial charge in [-0.3, -0.25) is 4.79 Å². The quantitative estimate of drug-likeness (QED) is 0.0291. The standard InChI is InChI=1S/C50H83NO13/c1-3-5-7-9-11-13-14-15-16-17-18-19-20-21-22-23-24-26-28-30-32-34-42(55)51-38(39(54)33-31-29-27-25-12-10-8-6-4-2)37-61-49-47(60)45(58)48(41(36-53)63-49)64-50-46(59)44(57)43(56)40(35-52)62-50/h5,7,11-13,15-16,18-19,21-22,25,31,33,38-41,43-50,52-54,56-60H,3-4,6,8-10,14,17,20,23-24,26-30,32,34-37H2,1-2H3,(H,51,55)/b7-5-,13-11-,16-15-,19-18-,22-21-,25-12+,33-31+. The highest BCUT2D eigenvalue weighted by Gasteiger charge is 2.50. The number of carbonyl (C=O) groups excluding carboxylic acids is 1. The molecule has 0 aromatic carbocycles. The van der Waals surface area contributed by atoms with E-state index >= 15 is 0 Å². The summed E-state index contributed by atoms with van der Waals surface area (Å²) in [5.41, 5.74) is 0. The maximum Gasteiger partial charge on any atom is 0.220 e. The van der Waals surface area contributed by atoms with Gasteiger partial charge in [0.1, 0.15) is 48.8 Å². The number of rotatable bonds is 34. The molecule has 12 atom stereocenters. The minimum absolute atomic E-state index is 0.245. The predicted molar refractivity (Wildman–Crippen MR) is 249 cm³/mol. The second-order valence-electron chi connectivity index (χ2n) is 16.5. The molecule has 366 valence electrons. The Balaban J connectivity index is 1.84. The monoisotopic (exact) mass is 906 g/mol. The van der Waals surface area contributed by atoms with Gasteiger partial charge < -0.3 is 65.1 Å². The van der Waals surface area contributed by atoms with Crippen molar-refractivity contribution in [3.8, 4) is 0 Å². The number of unbranched alkanes of at least 4 members (excludes halogenated alkanes) is 9. The van der Waals surface area contributed by atoms with E-state index in [-0.39, 0.29) is 18.9 Å². The van der Waals surface area contributed by atoms with Crippen LogP contribution in [0.3, 0.4) is 0 Å². The molecule has 14 nitrogen and oxygen atoms in total. The van der Waals surface area contributed by atoms with Crippen molar-refractivity contribution >= 4 is 5.91 Å². The molecule has 0 spiro atoms. The van der Waals surface area contributed by atoms with Crippen molar-refractivity contribution in [1.82, 2.24) is 5.32 Å². The van der Waals surface area contributed by atoms with Crippen LogP contribution in [0.2, 0.25) is 0 Å². The lowest BCUT2D eigenvalue weighted by Gasteiger charge is -2.46. The van der Waals surface area contributed by atoms with Crippen LogP contribution in [0, 0.1) is 0 Å². The van der Waals surface area contributed by atoms with Crippen molar-refractivity contribution < 1.29 is 64.6 Å². The van der Waals surface area contributed by atoms with Crippen molar-refractivity contribution in [3.05, 3.63) is 85.1 Å². The second kappa shape index (κ2) is 36.3. The van der Waals surface area contributed by atoms with Crippen LogP contribution in [0.4, 0.5) is 0 Å². The van der Waals surface area contributed by atoms with Crippen LogP contribution in [0.25, 0.3) is 0 Å². The first-order valence-electron chi connectivity index (χ1n) is 23.8. The molecule has 14 heteroatoms. The fourth-order valence-corrected chi connectivity index (χ4v) is 7.15. The molecule has 0 aliphatic carbocycles. The van der Waals surface area contributed by atoms with Crippen LogP contribution >= 0.6 is 0 Å². The Morgan fingerprint density at radius 2 is 1.09 bits per heavy atom. The molecule has 0 radical (unpaired) electrons. The summed E-state index contributed by atoms with van der Waals surface area (Å²) in [6.07, 6.45) is 29.3. The van der Waals surface area contributed by atoms with Gasteiger partial charge in [-0.1, -0.05) is 131 Å². The smallest absolute Gasteiger partial charge is 0.220 e. The highest BCUT2D eigenvalue weighted by molar-refractivity contribution is 5.76. The molecule has 2 rings (SSSR count). The predicted octanol–water partition coefficient (Wildman–Crippen LogP) is 5.43. The minimum atomic E-state index is -1.80. The van der Waals surface area contributed by atoms with E-state index < -0.39 is 86.8 Å². The van der Waals surface area contributed by atoms with Gasteiger partial charge in [-0.05, 0) is 77.0 Å². The molecule has 0 aromatic heterocycles. The fourth-order valence-electron chi connectivity index (χ4n) is 7.15. The highest BCUT2D eigenvalue weighted by Crippen LogP contribution is 2.30. The molecule has 2 fully saturated rings. The van der Waals surface area contributed by atoms with Gasteiger partial charge in [0.15, 0.2) is 12.6 Å². The van der Waals surface area contributed by atoms with Gasteiger partial charge in [-0.2, -0.15) is 0 Å². The average Bonchev–Trinajstić information content (AvgIpc) is 3.29. The molecule has 12 unspecified atom stereocenters. The van der Waals surface area contributed by atoms with E-state index in [0.717, 1.165) is 89.9 Å². The van der Waals surface area contributed by atoms with Gasteiger partial charge >= 0.3 is 0 Å². The Kier molecular flexibility index (Phi) is 32.5. The Labute approximate surface area is 382 Å². The Morgan fingerprint density at radius 3 is 1.72 bits per heavy atom. The number of amides is 1. The molecular weight excluding hydrogens is 823 g/mol. The Bertz CT molecular complexity index is 1400. The normalized spacial score (nSPS) is 28.0. The number of aliphatic hydroxyl groups excluding tert-OH is 8. The number of allylic oxidation sites excluding steroid dienone is 13. The van der Waals surface area contributed by atoms with E-state index in [1.54, 1.807) is 6.08 Å². The van der Waals surface area contributed by atoms with Gasteiger partial charge in [0.25, 0.3) is 0 Å². The van der Waals surface area contributed by atoms with Crippen LogP contribution in [-0.4, -0.2) is 140 Å². The third-order valence-electron chi connectivity index (χ3n) is 11.1. The van der Waals surface area contributed by atoms with Crippen molar-refractivity contribution in [2.45, 2.75) is 203 Å². The number of carbonyl (C=O) groups is 1. The summed E-state index contributed by atoms with van der Waals surface area (Å²) in [5, 5.41) is 86.4. The zero-order valence-corrected chi connectivity index (χ0v) is 38.5. The first-order chi connectivity index (χ1) is 31.1. The third-order valence-corrected chi connectivity index (χ3v) is 11.1. The van der Waals surface area contributed by atoms with Crippen LogP contribution in [0.1, 0.15) is 129 Å². The van der Waals surface area contributed by atoms with E-state index in [1.165, 1.54) is 6.42 Å². The first-order valence-corrected chi connectivity index (χ1v) is 23.8. The van der Waals surface area contributed by atoms with Gasteiger partial charge in [0, 0.05) is 6.42 Å². The first kappa shape index (κ1) is 57.3. The number of nitrogens with one attached hydrogen (secondary N) is 1. The molecule has 1 amide bonds. The Morgan fingerprint density at radius 1 is 0.578 bits per heavy atom. The fraction of sp³-hybridized carbons (Fsp3) is 0.700. The summed E-state index contributed by atoms with van der Waals surface area (Å²) < 4.78 is 22.6. The lowest BCUT2D eigenvalue weighted by molar-refractivity contribution is -0.359. The molecular formula is C50H83NO13. The molecule has 0 aromatic rings. The molecule has 64 heavy (non-hydrogen) atoms. The summed E-state index contributed by atoms with van der Waals surface area (Å²) in [7, 11) is 0. The highest BCUT2D eigenvalue weighted by atomic mass is 16.7. The number of aliphatic hydroxyl groups is 8. The lowest BCUT2D eigenvalue weighted by atomic mass is 9.97. The molecule has 2 saturated heterocycles. The number of hydrogen-bond acceptors (Lipinski definition) is 13.